The van der Waals surface area contributed by atoms with Crippen molar-refractivity contribution >= 4 is 5.78 Å². The average molecular weight is 348 g/mol. The van der Waals surface area contributed by atoms with Crippen LogP contribution < -0.4 is 0 Å². The zero-order valence-electron chi connectivity index (χ0n) is 15.7. The number of aliphatic hydroxyl groups is 3. The first-order chi connectivity index (χ1) is 11.6. The number of fused-ring (bicyclic) bond motifs is 5. The summed E-state index contributed by atoms with van der Waals surface area (Å²) in [7, 11) is 0. The molecule has 4 rings (SSSR count). The lowest BCUT2D eigenvalue weighted by atomic mass is 9.45. The van der Waals surface area contributed by atoms with Crippen LogP contribution in [0.4, 0.5) is 0 Å². The number of carbonyl (C=O) groups excluding carboxylic acids is 1. The van der Waals surface area contributed by atoms with Crippen molar-refractivity contribution in [3.8, 4) is 0 Å². The van der Waals surface area contributed by atoms with Crippen LogP contribution in [0.15, 0.2) is 11.6 Å². The van der Waals surface area contributed by atoms with Crippen molar-refractivity contribution in [2.45, 2.75) is 83.5 Å². The van der Waals surface area contributed by atoms with Gasteiger partial charge in [-0.1, -0.05) is 13.8 Å². The van der Waals surface area contributed by atoms with Gasteiger partial charge >= 0.3 is 0 Å². The standard InChI is InChI=1S/C21H32O4/c1-12(22)21(25)9-6-16-14-11-18(24)17-10-13(23)4-7-19(17,2)15(14)5-8-20(16,21)3/h10,12,14-16,18,22,24-25H,4-9,11H2,1-3H3/t12?,14-,15+,16+,18?,19-,20+,21+/m1/s1. The molecule has 0 aliphatic heterocycles. The highest BCUT2D eigenvalue weighted by Crippen LogP contribution is 2.67. The van der Waals surface area contributed by atoms with Gasteiger partial charge in [-0.25, -0.2) is 0 Å². The topological polar surface area (TPSA) is 77.8 Å². The molecule has 4 aliphatic rings. The third-order valence-electron chi connectivity index (χ3n) is 8.88. The van der Waals surface area contributed by atoms with E-state index in [2.05, 4.69) is 13.8 Å². The van der Waals surface area contributed by atoms with Crippen molar-refractivity contribution in [3.63, 3.8) is 0 Å². The maximum atomic E-state index is 11.9. The van der Waals surface area contributed by atoms with Crippen LogP contribution in [0.2, 0.25) is 0 Å². The van der Waals surface area contributed by atoms with Gasteiger partial charge in [0.05, 0.1) is 17.8 Å². The lowest BCUT2D eigenvalue weighted by Crippen LogP contribution is -2.59. The first-order valence-electron chi connectivity index (χ1n) is 9.97. The van der Waals surface area contributed by atoms with Crippen LogP contribution in [0.1, 0.15) is 65.7 Å². The van der Waals surface area contributed by atoms with E-state index >= 15 is 0 Å². The molecule has 8 atom stereocenters. The van der Waals surface area contributed by atoms with E-state index in [4.69, 9.17) is 0 Å². The summed E-state index contributed by atoms with van der Waals surface area (Å²) in [6.07, 6.45) is 6.02. The van der Waals surface area contributed by atoms with Crippen molar-refractivity contribution in [1.29, 1.82) is 0 Å². The Bertz CT molecular complexity index is 625. The quantitative estimate of drug-likeness (QED) is 0.681. The Morgan fingerprint density at radius 1 is 1.16 bits per heavy atom. The first kappa shape index (κ1) is 17.7. The molecule has 0 spiro atoms. The monoisotopic (exact) mass is 348 g/mol. The van der Waals surface area contributed by atoms with Crippen LogP contribution in [0.25, 0.3) is 0 Å². The fourth-order valence-electron chi connectivity index (χ4n) is 7.34. The zero-order valence-corrected chi connectivity index (χ0v) is 15.7. The van der Waals surface area contributed by atoms with Crippen LogP contribution in [-0.2, 0) is 4.79 Å². The minimum Gasteiger partial charge on any atom is -0.390 e. The Kier molecular flexibility index (Phi) is 3.82. The number of ketones is 1. The van der Waals surface area contributed by atoms with Gasteiger partial charge in [0.1, 0.15) is 0 Å². The average Bonchev–Trinajstić information content (AvgIpc) is 2.83. The Labute approximate surface area is 150 Å². The lowest BCUT2D eigenvalue weighted by molar-refractivity contribution is -0.176. The molecule has 4 nitrogen and oxygen atoms in total. The van der Waals surface area contributed by atoms with E-state index in [1.165, 1.54) is 0 Å². The zero-order chi connectivity index (χ0) is 18.2. The van der Waals surface area contributed by atoms with Crippen molar-refractivity contribution in [1.82, 2.24) is 0 Å². The predicted molar refractivity (Wildman–Crippen MR) is 94.7 cm³/mol. The first-order valence-corrected chi connectivity index (χ1v) is 9.97. The van der Waals surface area contributed by atoms with E-state index in [0.717, 1.165) is 31.3 Å². The minimum atomic E-state index is -1.02. The molecule has 0 heterocycles. The van der Waals surface area contributed by atoms with Gasteiger partial charge < -0.3 is 15.3 Å². The Balaban J connectivity index is 1.72. The van der Waals surface area contributed by atoms with E-state index in [0.29, 0.717) is 37.0 Å². The van der Waals surface area contributed by atoms with Gasteiger partial charge in [-0.15, -0.1) is 0 Å². The smallest absolute Gasteiger partial charge is 0.155 e. The summed E-state index contributed by atoms with van der Waals surface area (Å²) < 4.78 is 0. The van der Waals surface area contributed by atoms with E-state index in [-0.39, 0.29) is 16.6 Å². The fraction of sp³-hybridized carbons (Fsp3) is 0.857. The largest absolute Gasteiger partial charge is 0.390 e. The number of rotatable bonds is 1. The summed E-state index contributed by atoms with van der Waals surface area (Å²) in [5, 5.41) is 32.4. The second-order valence-corrected chi connectivity index (χ2v) is 9.71. The molecule has 2 unspecified atom stereocenters. The highest BCUT2D eigenvalue weighted by Gasteiger charge is 2.66. The van der Waals surface area contributed by atoms with Gasteiger partial charge in [-0.2, -0.15) is 0 Å². The summed E-state index contributed by atoms with van der Waals surface area (Å²) in [5.41, 5.74) is -0.446. The molecular weight excluding hydrogens is 316 g/mol. The number of hydrogen-bond acceptors (Lipinski definition) is 4. The molecule has 140 valence electrons. The molecule has 0 saturated heterocycles. The van der Waals surface area contributed by atoms with Crippen LogP contribution >= 0.6 is 0 Å². The van der Waals surface area contributed by atoms with Crippen molar-refractivity contribution < 1.29 is 20.1 Å². The third-order valence-corrected chi connectivity index (χ3v) is 8.88. The van der Waals surface area contributed by atoms with Gasteiger partial charge in [0.2, 0.25) is 0 Å². The van der Waals surface area contributed by atoms with Crippen LogP contribution in [0, 0.1) is 28.6 Å². The number of hydrogen-bond donors (Lipinski definition) is 3. The van der Waals surface area contributed by atoms with Gasteiger partial charge in [-0.3, -0.25) is 4.79 Å². The maximum absolute atomic E-state index is 11.9. The van der Waals surface area contributed by atoms with E-state index < -0.39 is 17.8 Å². The maximum Gasteiger partial charge on any atom is 0.155 e. The van der Waals surface area contributed by atoms with E-state index in [1.807, 2.05) is 0 Å². The van der Waals surface area contributed by atoms with Crippen molar-refractivity contribution in [2.24, 2.45) is 28.6 Å². The Morgan fingerprint density at radius 2 is 1.84 bits per heavy atom. The molecule has 25 heavy (non-hydrogen) atoms. The Hall–Kier alpha value is -0.710. The molecule has 0 aromatic rings. The van der Waals surface area contributed by atoms with Crippen molar-refractivity contribution in [3.05, 3.63) is 11.6 Å². The summed E-state index contributed by atoms with van der Waals surface area (Å²) in [6.45, 7) is 6.10. The van der Waals surface area contributed by atoms with Gasteiger partial charge in [0.25, 0.3) is 0 Å². The number of carbonyl (C=O) groups is 1. The molecule has 3 N–H and O–H groups in total. The van der Waals surface area contributed by atoms with Crippen molar-refractivity contribution in [2.75, 3.05) is 0 Å². The molecular formula is C21H32O4. The summed E-state index contributed by atoms with van der Waals surface area (Å²) in [4.78, 5) is 11.9. The summed E-state index contributed by atoms with van der Waals surface area (Å²) in [5.74, 6) is 1.30. The van der Waals surface area contributed by atoms with Crippen LogP contribution in [0.5, 0.6) is 0 Å². The van der Waals surface area contributed by atoms with Gasteiger partial charge in [-0.05, 0) is 80.3 Å². The van der Waals surface area contributed by atoms with Crippen LogP contribution in [0.3, 0.4) is 0 Å². The molecule has 0 aromatic carbocycles. The lowest BCUT2D eigenvalue weighted by Gasteiger charge is -2.60. The summed E-state index contributed by atoms with van der Waals surface area (Å²) in [6, 6.07) is 0. The molecule has 0 aromatic heterocycles. The molecule has 4 heteroatoms. The minimum absolute atomic E-state index is 0.0941. The van der Waals surface area contributed by atoms with E-state index in [9.17, 15) is 20.1 Å². The fourth-order valence-corrected chi connectivity index (χ4v) is 7.34. The van der Waals surface area contributed by atoms with Gasteiger partial charge in [0, 0.05) is 11.8 Å². The molecule has 0 bridgehead atoms. The second-order valence-electron chi connectivity index (χ2n) is 9.71. The Morgan fingerprint density at radius 3 is 2.52 bits per heavy atom. The SMILES string of the molecule is CC(O)[C@@]1(O)CC[C@H]2[C@@H]3CC(O)C4=CC(=O)CC[C@]4(C)[C@H]3CC[C@@]21C. The third kappa shape index (κ3) is 2.14. The highest BCUT2D eigenvalue weighted by molar-refractivity contribution is 5.91. The number of aliphatic hydroxyl groups excluding tert-OH is 2. The van der Waals surface area contributed by atoms with E-state index in [1.54, 1.807) is 13.0 Å². The molecule has 0 radical (unpaired) electrons. The summed E-state index contributed by atoms with van der Waals surface area (Å²) >= 11 is 0. The van der Waals surface area contributed by atoms with Crippen LogP contribution in [-0.4, -0.2) is 38.9 Å². The van der Waals surface area contributed by atoms with Gasteiger partial charge in [0.15, 0.2) is 5.78 Å². The highest BCUT2D eigenvalue weighted by atomic mass is 16.3. The normalized spacial score (nSPS) is 53.5. The predicted octanol–water partition coefficient (Wildman–Crippen LogP) is 2.60. The molecule has 3 saturated carbocycles. The molecule has 3 fully saturated rings. The molecule has 4 aliphatic carbocycles. The molecule has 0 amide bonds. The second kappa shape index (κ2) is 5.40.